The van der Waals surface area contributed by atoms with Crippen LogP contribution in [0.2, 0.25) is 5.28 Å². The number of fused-ring (bicyclic) bond motifs is 1. The van der Waals surface area contributed by atoms with Gasteiger partial charge in [-0.25, -0.2) is 9.97 Å². The van der Waals surface area contributed by atoms with Crippen LogP contribution in [-0.4, -0.2) is 16.0 Å². The molecule has 0 radical (unpaired) electrons. The molecular formula is C14H18ClN3S. The first-order valence-electron chi connectivity index (χ1n) is 6.73. The van der Waals surface area contributed by atoms with Crippen LogP contribution in [0, 0.1) is 5.41 Å². The van der Waals surface area contributed by atoms with Gasteiger partial charge in [0.1, 0.15) is 10.6 Å². The highest BCUT2D eigenvalue weighted by Gasteiger charge is 2.32. The summed E-state index contributed by atoms with van der Waals surface area (Å²) in [5.41, 5.74) is 0.304. The molecule has 5 heteroatoms. The number of nitrogens with zero attached hydrogens (tertiary/aromatic N) is 2. The second kappa shape index (κ2) is 4.91. The van der Waals surface area contributed by atoms with Gasteiger partial charge in [0.05, 0.1) is 5.39 Å². The molecule has 2 aromatic rings. The van der Waals surface area contributed by atoms with Crippen LogP contribution in [0.25, 0.3) is 10.2 Å². The maximum absolute atomic E-state index is 6.01. The van der Waals surface area contributed by atoms with E-state index in [0.717, 1.165) is 16.0 Å². The van der Waals surface area contributed by atoms with Crippen LogP contribution >= 0.6 is 22.9 Å². The van der Waals surface area contributed by atoms with Gasteiger partial charge in [0.2, 0.25) is 5.28 Å². The molecule has 1 aliphatic rings. The summed E-state index contributed by atoms with van der Waals surface area (Å²) in [6.45, 7) is 4.66. The number of halogens is 1. The maximum atomic E-state index is 6.01. The van der Waals surface area contributed by atoms with E-state index in [4.69, 9.17) is 11.6 Å². The average Bonchev–Trinajstić information content (AvgIpc) is 2.79. The molecule has 19 heavy (non-hydrogen) atoms. The monoisotopic (exact) mass is 295 g/mol. The molecule has 0 aliphatic heterocycles. The molecule has 2 aromatic heterocycles. The molecule has 1 N–H and O–H groups in total. The summed E-state index contributed by atoms with van der Waals surface area (Å²) in [6, 6.07) is 2.52. The summed E-state index contributed by atoms with van der Waals surface area (Å²) < 4.78 is 0. The highest BCUT2D eigenvalue weighted by Crippen LogP contribution is 2.38. The van der Waals surface area contributed by atoms with Gasteiger partial charge in [-0.3, -0.25) is 0 Å². The van der Waals surface area contributed by atoms with Crippen molar-refractivity contribution in [2.24, 2.45) is 5.41 Å². The first kappa shape index (κ1) is 13.1. The lowest BCUT2D eigenvalue weighted by molar-refractivity contribution is 0.217. The lowest BCUT2D eigenvalue weighted by Gasteiger charge is -2.39. The number of rotatable bonds is 2. The van der Waals surface area contributed by atoms with Crippen molar-refractivity contribution in [1.29, 1.82) is 0 Å². The molecule has 0 aromatic carbocycles. The lowest BCUT2D eigenvalue weighted by Crippen LogP contribution is -2.39. The van der Waals surface area contributed by atoms with E-state index >= 15 is 0 Å². The summed E-state index contributed by atoms with van der Waals surface area (Å²) in [7, 11) is 0. The molecule has 2 heterocycles. The smallest absolute Gasteiger partial charge is 0.225 e. The van der Waals surface area contributed by atoms with Crippen LogP contribution in [0.5, 0.6) is 0 Å². The van der Waals surface area contributed by atoms with Crippen LogP contribution < -0.4 is 5.32 Å². The van der Waals surface area contributed by atoms with Gasteiger partial charge >= 0.3 is 0 Å². The van der Waals surface area contributed by atoms with E-state index in [9.17, 15) is 0 Å². The Kier molecular flexibility index (Phi) is 3.39. The first-order valence-corrected chi connectivity index (χ1v) is 7.99. The molecule has 0 saturated heterocycles. The zero-order valence-electron chi connectivity index (χ0n) is 11.2. The van der Waals surface area contributed by atoms with E-state index < -0.39 is 0 Å². The molecule has 1 fully saturated rings. The Balaban J connectivity index is 1.94. The van der Waals surface area contributed by atoms with Crippen molar-refractivity contribution in [3.8, 4) is 0 Å². The van der Waals surface area contributed by atoms with Gasteiger partial charge in [-0.1, -0.05) is 26.7 Å². The highest BCUT2D eigenvalue weighted by atomic mass is 35.5. The molecule has 3 nitrogen and oxygen atoms in total. The standard InChI is InChI=1S/C14H18ClN3S/c1-14(2)7-4-3-5-10(14)16-11-9-6-8-19-12(9)18-13(15)17-11/h6,8,10H,3-5,7H2,1-2H3,(H,16,17,18). The quantitative estimate of drug-likeness (QED) is 0.814. The normalized spacial score (nSPS) is 22.6. The summed E-state index contributed by atoms with van der Waals surface area (Å²) in [4.78, 5) is 9.60. The number of thiophene rings is 1. The predicted molar refractivity (Wildman–Crippen MR) is 82.1 cm³/mol. The Morgan fingerprint density at radius 3 is 3.00 bits per heavy atom. The molecule has 102 valence electrons. The number of aromatic nitrogens is 2. The van der Waals surface area contributed by atoms with Crippen LogP contribution in [0.15, 0.2) is 11.4 Å². The average molecular weight is 296 g/mol. The fourth-order valence-electron chi connectivity index (χ4n) is 2.87. The minimum absolute atomic E-state index is 0.304. The van der Waals surface area contributed by atoms with Crippen molar-refractivity contribution in [2.75, 3.05) is 5.32 Å². The van der Waals surface area contributed by atoms with Crippen molar-refractivity contribution >= 4 is 39.0 Å². The Bertz CT molecular complexity index is 593. The van der Waals surface area contributed by atoms with Gasteiger partial charge in [0.15, 0.2) is 0 Å². The number of hydrogen-bond donors (Lipinski definition) is 1. The van der Waals surface area contributed by atoms with Crippen molar-refractivity contribution in [3.63, 3.8) is 0 Å². The van der Waals surface area contributed by atoms with Crippen molar-refractivity contribution in [2.45, 2.75) is 45.6 Å². The van der Waals surface area contributed by atoms with Crippen molar-refractivity contribution in [1.82, 2.24) is 9.97 Å². The van der Waals surface area contributed by atoms with E-state index in [0.29, 0.717) is 16.7 Å². The van der Waals surface area contributed by atoms with Gasteiger partial charge in [-0.15, -0.1) is 11.3 Å². The zero-order valence-corrected chi connectivity index (χ0v) is 12.8. The number of nitrogens with one attached hydrogen (secondary N) is 1. The fraction of sp³-hybridized carbons (Fsp3) is 0.571. The van der Waals surface area contributed by atoms with Gasteiger partial charge < -0.3 is 5.32 Å². The van der Waals surface area contributed by atoms with E-state index in [1.807, 2.05) is 5.38 Å². The Morgan fingerprint density at radius 1 is 1.37 bits per heavy atom. The van der Waals surface area contributed by atoms with Gasteiger partial charge in [-0.2, -0.15) is 0 Å². The predicted octanol–water partition coefficient (Wildman–Crippen LogP) is 4.73. The Hall–Kier alpha value is -0.870. The van der Waals surface area contributed by atoms with E-state index in [1.54, 1.807) is 11.3 Å². The molecule has 0 spiro atoms. The van der Waals surface area contributed by atoms with Gasteiger partial charge in [0, 0.05) is 6.04 Å². The SMILES string of the molecule is CC1(C)CCCCC1Nc1nc(Cl)nc2sccc12. The molecule has 1 aliphatic carbocycles. The van der Waals surface area contributed by atoms with Crippen molar-refractivity contribution < 1.29 is 0 Å². The molecule has 0 amide bonds. The Morgan fingerprint density at radius 2 is 2.21 bits per heavy atom. The van der Waals surface area contributed by atoms with Crippen LogP contribution in [0.1, 0.15) is 39.5 Å². The lowest BCUT2D eigenvalue weighted by atomic mass is 9.73. The number of hydrogen-bond acceptors (Lipinski definition) is 4. The van der Waals surface area contributed by atoms with Gasteiger partial charge in [0.25, 0.3) is 0 Å². The minimum Gasteiger partial charge on any atom is -0.366 e. The summed E-state index contributed by atoms with van der Waals surface area (Å²) in [5.74, 6) is 0.885. The second-order valence-electron chi connectivity index (χ2n) is 5.91. The third kappa shape index (κ3) is 2.56. The molecule has 1 unspecified atom stereocenters. The van der Waals surface area contributed by atoms with E-state index in [-0.39, 0.29) is 0 Å². The van der Waals surface area contributed by atoms with Crippen molar-refractivity contribution in [3.05, 3.63) is 16.7 Å². The zero-order chi connectivity index (χ0) is 13.5. The number of anilines is 1. The Labute approximate surface area is 122 Å². The third-order valence-corrected chi connectivity index (χ3v) is 5.09. The van der Waals surface area contributed by atoms with Crippen LogP contribution in [0.4, 0.5) is 5.82 Å². The summed E-state index contributed by atoms with van der Waals surface area (Å²) >= 11 is 7.62. The van der Waals surface area contributed by atoms with Crippen LogP contribution in [0.3, 0.4) is 0 Å². The second-order valence-corrected chi connectivity index (χ2v) is 7.14. The molecule has 0 bridgehead atoms. The van der Waals surface area contributed by atoms with E-state index in [1.165, 1.54) is 25.7 Å². The summed E-state index contributed by atoms with van der Waals surface area (Å²) in [6.07, 6.45) is 5.06. The van der Waals surface area contributed by atoms with Gasteiger partial charge in [-0.05, 0) is 41.3 Å². The molecular weight excluding hydrogens is 278 g/mol. The summed E-state index contributed by atoms with van der Waals surface area (Å²) in [5, 5.41) is 7.05. The third-order valence-electron chi connectivity index (χ3n) is 4.12. The minimum atomic E-state index is 0.304. The topological polar surface area (TPSA) is 37.8 Å². The first-order chi connectivity index (χ1) is 9.06. The fourth-order valence-corrected chi connectivity index (χ4v) is 3.85. The highest BCUT2D eigenvalue weighted by molar-refractivity contribution is 7.16. The maximum Gasteiger partial charge on any atom is 0.225 e. The largest absolute Gasteiger partial charge is 0.366 e. The molecule has 1 atom stereocenters. The molecule has 3 rings (SSSR count). The van der Waals surface area contributed by atoms with E-state index in [2.05, 4.69) is 35.2 Å². The molecule has 1 saturated carbocycles. The van der Waals surface area contributed by atoms with Crippen LogP contribution in [-0.2, 0) is 0 Å².